The Balaban J connectivity index is 1.85. The van der Waals surface area contributed by atoms with Gasteiger partial charge in [0.2, 0.25) is 5.91 Å². The fourth-order valence-corrected chi connectivity index (χ4v) is 1.62. The first kappa shape index (κ1) is 12.8. The zero-order chi connectivity index (χ0) is 13.7. The van der Waals surface area contributed by atoms with Crippen LogP contribution in [0.3, 0.4) is 0 Å². The number of hydrogen-bond acceptors (Lipinski definition) is 4. The number of benzene rings is 1. The van der Waals surface area contributed by atoms with Crippen LogP contribution in [0.4, 0.5) is 5.69 Å². The van der Waals surface area contributed by atoms with Gasteiger partial charge >= 0.3 is 0 Å². The van der Waals surface area contributed by atoms with Crippen molar-refractivity contribution in [1.29, 1.82) is 5.26 Å². The summed E-state index contributed by atoms with van der Waals surface area (Å²) in [6, 6.07) is 8.76. The number of aromatic nitrogens is 1. The molecule has 0 radical (unpaired) electrons. The third-order valence-electron chi connectivity index (χ3n) is 2.57. The van der Waals surface area contributed by atoms with Crippen LogP contribution < -0.4 is 5.32 Å². The normalized spacial score (nSPS) is 9.89. The van der Waals surface area contributed by atoms with Crippen molar-refractivity contribution in [2.24, 2.45) is 0 Å². The van der Waals surface area contributed by atoms with E-state index in [0.29, 0.717) is 30.0 Å². The number of anilines is 1. The number of carbonyl (C=O) groups is 1. The van der Waals surface area contributed by atoms with E-state index in [0.717, 1.165) is 5.69 Å². The second-order valence-electron chi connectivity index (χ2n) is 4.10. The molecule has 0 saturated carbocycles. The molecule has 0 spiro atoms. The fraction of sp³-hybridized carbons (Fsp3) is 0.214. The van der Waals surface area contributed by atoms with Crippen LogP contribution in [0.5, 0.6) is 0 Å². The zero-order valence-corrected chi connectivity index (χ0v) is 10.5. The Morgan fingerprint density at radius 2 is 2.16 bits per heavy atom. The number of carbonyl (C=O) groups excluding carboxylic acids is 1. The first-order chi connectivity index (χ1) is 9.17. The van der Waals surface area contributed by atoms with E-state index in [-0.39, 0.29) is 5.91 Å². The molecule has 19 heavy (non-hydrogen) atoms. The van der Waals surface area contributed by atoms with Gasteiger partial charge in [0.05, 0.1) is 17.3 Å². The molecule has 1 aromatic carbocycles. The molecule has 1 heterocycles. The second kappa shape index (κ2) is 5.83. The van der Waals surface area contributed by atoms with Crippen LogP contribution in [0.25, 0.3) is 0 Å². The van der Waals surface area contributed by atoms with Crippen LogP contribution in [0.1, 0.15) is 23.6 Å². The van der Waals surface area contributed by atoms with Crippen molar-refractivity contribution in [1.82, 2.24) is 4.98 Å². The topological polar surface area (TPSA) is 78.9 Å². The lowest BCUT2D eigenvalue weighted by Gasteiger charge is -2.04. The Morgan fingerprint density at radius 3 is 2.74 bits per heavy atom. The number of nitrogens with zero attached hydrogens (tertiary/aromatic N) is 2. The number of aryl methyl sites for hydroxylation is 2. The Labute approximate surface area is 110 Å². The maximum Gasteiger partial charge on any atom is 0.224 e. The minimum absolute atomic E-state index is 0.0923. The third-order valence-corrected chi connectivity index (χ3v) is 2.57. The fourth-order valence-electron chi connectivity index (χ4n) is 1.62. The second-order valence-corrected chi connectivity index (χ2v) is 4.10. The maximum atomic E-state index is 11.7. The van der Waals surface area contributed by atoms with E-state index < -0.39 is 0 Å². The predicted molar refractivity (Wildman–Crippen MR) is 69.3 cm³/mol. The molecular formula is C14H13N3O2. The van der Waals surface area contributed by atoms with Gasteiger partial charge in [0, 0.05) is 25.5 Å². The zero-order valence-electron chi connectivity index (χ0n) is 10.5. The van der Waals surface area contributed by atoms with Crippen molar-refractivity contribution in [3.63, 3.8) is 0 Å². The molecular weight excluding hydrogens is 242 g/mol. The lowest BCUT2D eigenvalue weighted by Crippen LogP contribution is -2.12. The SMILES string of the molecule is Cc1nc(CCC(=O)Nc2ccc(C#N)cc2)co1. The van der Waals surface area contributed by atoms with Crippen molar-refractivity contribution >= 4 is 11.6 Å². The molecule has 96 valence electrons. The van der Waals surface area contributed by atoms with Crippen LogP contribution in [0.15, 0.2) is 34.9 Å². The number of nitrogens with one attached hydrogen (secondary N) is 1. The van der Waals surface area contributed by atoms with Gasteiger partial charge in [-0.1, -0.05) is 0 Å². The molecule has 1 amide bonds. The molecule has 5 nitrogen and oxygen atoms in total. The van der Waals surface area contributed by atoms with Gasteiger partial charge in [0.1, 0.15) is 6.26 Å². The van der Waals surface area contributed by atoms with Crippen molar-refractivity contribution in [3.05, 3.63) is 47.7 Å². The first-order valence-corrected chi connectivity index (χ1v) is 5.88. The number of amides is 1. The van der Waals surface area contributed by atoms with Crippen molar-refractivity contribution in [2.75, 3.05) is 5.32 Å². The Bertz CT molecular complexity index is 608. The molecule has 5 heteroatoms. The summed E-state index contributed by atoms with van der Waals surface area (Å²) in [6.07, 6.45) is 2.44. The van der Waals surface area contributed by atoms with Gasteiger partial charge in [-0.15, -0.1) is 0 Å². The monoisotopic (exact) mass is 255 g/mol. The average molecular weight is 255 g/mol. The molecule has 0 atom stereocenters. The van der Waals surface area contributed by atoms with E-state index in [1.165, 1.54) is 0 Å². The maximum absolute atomic E-state index is 11.7. The highest BCUT2D eigenvalue weighted by Crippen LogP contribution is 2.10. The van der Waals surface area contributed by atoms with Crippen LogP contribution in [-0.2, 0) is 11.2 Å². The highest BCUT2D eigenvalue weighted by molar-refractivity contribution is 5.90. The third kappa shape index (κ3) is 3.68. The summed E-state index contributed by atoms with van der Waals surface area (Å²) in [6.45, 7) is 1.76. The minimum atomic E-state index is -0.0923. The van der Waals surface area contributed by atoms with E-state index in [1.807, 2.05) is 6.07 Å². The Hall–Kier alpha value is -2.61. The summed E-state index contributed by atoms with van der Waals surface area (Å²) >= 11 is 0. The van der Waals surface area contributed by atoms with E-state index in [9.17, 15) is 4.79 Å². The highest BCUT2D eigenvalue weighted by Gasteiger charge is 2.06. The van der Waals surface area contributed by atoms with Gasteiger partial charge < -0.3 is 9.73 Å². The van der Waals surface area contributed by atoms with Gasteiger partial charge in [-0.25, -0.2) is 4.98 Å². The van der Waals surface area contributed by atoms with Gasteiger partial charge in [0.25, 0.3) is 0 Å². The van der Waals surface area contributed by atoms with Crippen LogP contribution >= 0.6 is 0 Å². The first-order valence-electron chi connectivity index (χ1n) is 5.88. The molecule has 0 bridgehead atoms. The lowest BCUT2D eigenvalue weighted by atomic mass is 10.2. The van der Waals surface area contributed by atoms with Gasteiger partial charge in [-0.3, -0.25) is 4.79 Å². The predicted octanol–water partition coefficient (Wildman–Crippen LogP) is 2.43. The summed E-state index contributed by atoms with van der Waals surface area (Å²) in [5.41, 5.74) is 2.02. The molecule has 0 aliphatic rings. The van der Waals surface area contributed by atoms with Gasteiger partial charge in [0.15, 0.2) is 5.89 Å². The van der Waals surface area contributed by atoms with Crippen LogP contribution in [0, 0.1) is 18.3 Å². The molecule has 0 aliphatic carbocycles. The summed E-state index contributed by atoms with van der Waals surface area (Å²) in [4.78, 5) is 15.8. The van der Waals surface area contributed by atoms with Gasteiger partial charge in [-0.05, 0) is 24.3 Å². The summed E-state index contributed by atoms with van der Waals surface area (Å²) in [7, 11) is 0. The molecule has 0 fully saturated rings. The number of rotatable bonds is 4. The van der Waals surface area contributed by atoms with Crippen LogP contribution in [-0.4, -0.2) is 10.9 Å². The quantitative estimate of drug-likeness (QED) is 0.909. The molecule has 1 N–H and O–H groups in total. The lowest BCUT2D eigenvalue weighted by molar-refractivity contribution is -0.116. The summed E-state index contributed by atoms with van der Waals surface area (Å²) < 4.78 is 5.07. The van der Waals surface area contributed by atoms with Gasteiger partial charge in [-0.2, -0.15) is 5.26 Å². The van der Waals surface area contributed by atoms with E-state index in [4.69, 9.17) is 9.68 Å². The largest absolute Gasteiger partial charge is 0.449 e. The number of nitriles is 1. The molecule has 2 rings (SSSR count). The minimum Gasteiger partial charge on any atom is -0.449 e. The van der Waals surface area contributed by atoms with Crippen LogP contribution in [0.2, 0.25) is 0 Å². The Kier molecular flexibility index (Phi) is 3.94. The summed E-state index contributed by atoms with van der Waals surface area (Å²) in [5.74, 6) is 0.507. The standard InChI is InChI=1S/C14H13N3O2/c1-10-16-13(9-19-10)6-7-14(18)17-12-4-2-11(8-15)3-5-12/h2-5,9H,6-7H2,1H3,(H,17,18). The van der Waals surface area contributed by atoms with Crippen molar-refractivity contribution in [2.45, 2.75) is 19.8 Å². The molecule has 0 unspecified atom stereocenters. The van der Waals surface area contributed by atoms with E-state index in [1.54, 1.807) is 37.5 Å². The van der Waals surface area contributed by atoms with Crippen molar-refractivity contribution < 1.29 is 9.21 Å². The highest BCUT2D eigenvalue weighted by atomic mass is 16.3. The smallest absolute Gasteiger partial charge is 0.224 e. The van der Waals surface area contributed by atoms with E-state index in [2.05, 4.69) is 10.3 Å². The van der Waals surface area contributed by atoms with Crippen molar-refractivity contribution in [3.8, 4) is 6.07 Å². The number of oxazole rings is 1. The molecule has 0 saturated heterocycles. The molecule has 2 aromatic rings. The summed E-state index contributed by atoms with van der Waals surface area (Å²) in [5, 5.41) is 11.4. The molecule has 0 aliphatic heterocycles. The van der Waals surface area contributed by atoms with E-state index >= 15 is 0 Å². The molecule has 1 aromatic heterocycles. The average Bonchev–Trinajstić information content (AvgIpc) is 2.83. The number of hydrogen-bond donors (Lipinski definition) is 1. The Morgan fingerprint density at radius 1 is 1.42 bits per heavy atom.